The number of hydrogen-bond acceptors (Lipinski definition) is 6. The number of halogens is 3. The van der Waals surface area contributed by atoms with E-state index in [1.807, 2.05) is 12.2 Å². The second-order valence-corrected chi connectivity index (χ2v) is 9.04. The molecule has 6 nitrogen and oxygen atoms in total. The van der Waals surface area contributed by atoms with Crippen molar-refractivity contribution in [3.05, 3.63) is 54.1 Å². The average molecular weight is 501 g/mol. The lowest BCUT2D eigenvalue weighted by molar-refractivity contribution is -0.147. The van der Waals surface area contributed by atoms with Gasteiger partial charge in [-0.05, 0) is 57.2 Å². The number of aliphatic hydroxyl groups excluding tert-OH is 3. The third kappa shape index (κ3) is 10.0. The molecule has 1 fully saturated rings. The lowest BCUT2D eigenvalue weighted by atomic mass is 9.89. The Morgan fingerprint density at radius 2 is 1.94 bits per heavy atom. The van der Waals surface area contributed by atoms with Gasteiger partial charge in [-0.3, -0.25) is 4.79 Å². The van der Waals surface area contributed by atoms with E-state index in [0.717, 1.165) is 12.1 Å². The lowest BCUT2D eigenvalue weighted by Gasteiger charge is -2.19. The molecule has 35 heavy (non-hydrogen) atoms. The van der Waals surface area contributed by atoms with Crippen molar-refractivity contribution in [3.63, 3.8) is 0 Å². The minimum absolute atomic E-state index is 0.0101. The maximum Gasteiger partial charge on any atom is 0.416 e. The number of ether oxygens (including phenoxy) is 2. The SMILES string of the molecule is CC(C)OC(=O)CCC/C=C\C[C@H]1[C@H](/C=C/[C@H](O)COc2cccc(C(F)(F)F)c2)[C@@H](O)C[C@H]1O. The summed E-state index contributed by atoms with van der Waals surface area (Å²) in [6, 6.07) is 4.40. The highest BCUT2D eigenvalue weighted by Crippen LogP contribution is 2.36. The molecular formula is C26H35F3O6. The van der Waals surface area contributed by atoms with Crippen molar-refractivity contribution < 1.29 is 42.8 Å². The van der Waals surface area contributed by atoms with Crippen LogP contribution in [0.15, 0.2) is 48.6 Å². The van der Waals surface area contributed by atoms with Gasteiger partial charge in [-0.25, -0.2) is 0 Å². The van der Waals surface area contributed by atoms with Gasteiger partial charge in [-0.1, -0.05) is 30.4 Å². The summed E-state index contributed by atoms with van der Waals surface area (Å²) in [7, 11) is 0. The lowest BCUT2D eigenvalue weighted by Crippen LogP contribution is -2.21. The highest BCUT2D eigenvalue weighted by atomic mass is 19.4. The van der Waals surface area contributed by atoms with Crippen molar-refractivity contribution in [2.45, 2.75) is 76.5 Å². The van der Waals surface area contributed by atoms with Crippen LogP contribution in [0.4, 0.5) is 13.2 Å². The van der Waals surface area contributed by atoms with Crippen LogP contribution in [-0.2, 0) is 15.7 Å². The molecule has 1 aliphatic rings. The van der Waals surface area contributed by atoms with Crippen molar-refractivity contribution in [1.29, 1.82) is 0 Å². The van der Waals surface area contributed by atoms with Gasteiger partial charge < -0.3 is 24.8 Å². The maximum absolute atomic E-state index is 12.8. The molecule has 0 radical (unpaired) electrons. The van der Waals surface area contributed by atoms with Crippen LogP contribution >= 0.6 is 0 Å². The third-order valence-corrected chi connectivity index (χ3v) is 5.75. The predicted molar refractivity (Wildman–Crippen MR) is 125 cm³/mol. The molecule has 0 unspecified atom stereocenters. The number of carbonyl (C=O) groups is 1. The van der Waals surface area contributed by atoms with E-state index < -0.39 is 30.1 Å². The standard InChI is InChI=1S/C26H35F3O6/c1-17(2)35-25(33)11-6-4-3-5-10-21-22(24(32)15-23(21)31)13-12-19(30)16-34-20-9-7-8-18(14-20)26(27,28)29/h3,5,7-9,12-14,17,19,21-24,30-32H,4,6,10-11,15-16H2,1-2H3/b5-3-,13-12+/t19-,21-,22-,23+,24-/m0/s1. The summed E-state index contributed by atoms with van der Waals surface area (Å²) >= 11 is 0. The Hall–Kier alpha value is -2.36. The monoisotopic (exact) mass is 500 g/mol. The Bertz CT molecular complexity index is 852. The number of unbranched alkanes of at least 4 members (excludes halogenated alkanes) is 1. The van der Waals surface area contributed by atoms with Crippen molar-refractivity contribution in [3.8, 4) is 5.75 Å². The van der Waals surface area contributed by atoms with E-state index >= 15 is 0 Å². The fourth-order valence-corrected chi connectivity index (χ4v) is 4.02. The van der Waals surface area contributed by atoms with E-state index in [0.29, 0.717) is 25.7 Å². The van der Waals surface area contributed by atoms with E-state index in [9.17, 15) is 33.3 Å². The number of carbonyl (C=O) groups excluding carboxylic acids is 1. The summed E-state index contributed by atoms with van der Waals surface area (Å²) < 4.78 is 48.8. The van der Waals surface area contributed by atoms with Gasteiger partial charge >= 0.3 is 12.1 Å². The summed E-state index contributed by atoms with van der Waals surface area (Å²) in [6.07, 6.45) is 2.09. The Morgan fingerprint density at radius 3 is 2.63 bits per heavy atom. The molecule has 0 aliphatic heterocycles. The van der Waals surface area contributed by atoms with Gasteiger partial charge in [0.1, 0.15) is 18.5 Å². The van der Waals surface area contributed by atoms with Crippen LogP contribution < -0.4 is 4.74 Å². The normalized spacial score (nSPS) is 23.9. The van der Waals surface area contributed by atoms with Crippen LogP contribution in [0, 0.1) is 11.8 Å². The van der Waals surface area contributed by atoms with Gasteiger partial charge in [-0.2, -0.15) is 13.2 Å². The molecule has 0 aromatic heterocycles. The number of esters is 1. The van der Waals surface area contributed by atoms with Crippen LogP contribution in [-0.4, -0.2) is 52.3 Å². The molecule has 9 heteroatoms. The molecule has 3 N–H and O–H groups in total. The number of allylic oxidation sites excluding steroid dienone is 2. The molecule has 196 valence electrons. The molecular weight excluding hydrogens is 465 g/mol. The Kier molecular flexibility index (Phi) is 11.3. The van der Waals surface area contributed by atoms with E-state index in [-0.39, 0.29) is 42.7 Å². The zero-order valence-corrected chi connectivity index (χ0v) is 20.0. The Labute approximate surface area is 204 Å². The molecule has 1 aromatic rings. The van der Waals surface area contributed by atoms with E-state index in [1.54, 1.807) is 19.9 Å². The smallest absolute Gasteiger partial charge is 0.416 e. The van der Waals surface area contributed by atoms with Gasteiger partial charge in [0.2, 0.25) is 0 Å². The van der Waals surface area contributed by atoms with Crippen LogP contribution in [0.5, 0.6) is 5.75 Å². The number of rotatable bonds is 12. The molecule has 0 heterocycles. The molecule has 5 atom stereocenters. The van der Waals surface area contributed by atoms with Crippen LogP contribution in [0.2, 0.25) is 0 Å². The van der Waals surface area contributed by atoms with Gasteiger partial charge in [0.15, 0.2) is 0 Å². The Balaban J connectivity index is 1.82. The topological polar surface area (TPSA) is 96.2 Å². The largest absolute Gasteiger partial charge is 0.491 e. The van der Waals surface area contributed by atoms with Crippen molar-refractivity contribution >= 4 is 5.97 Å². The van der Waals surface area contributed by atoms with Gasteiger partial charge in [0, 0.05) is 18.8 Å². The second kappa shape index (κ2) is 13.7. The molecule has 0 bridgehead atoms. The molecule has 1 saturated carbocycles. The molecule has 1 aromatic carbocycles. The molecule has 1 aliphatic carbocycles. The maximum atomic E-state index is 12.8. The second-order valence-electron chi connectivity index (χ2n) is 9.04. The zero-order valence-electron chi connectivity index (χ0n) is 20.0. The van der Waals surface area contributed by atoms with Crippen molar-refractivity contribution in [2.24, 2.45) is 11.8 Å². The highest BCUT2D eigenvalue weighted by molar-refractivity contribution is 5.69. The Morgan fingerprint density at radius 1 is 1.20 bits per heavy atom. The minimum Gasteiger partial charge on any atom is -0.491 e. The minimum atomic E-state index is -4.49. The highest BCUT2D eigenvalue weighted by Gasteiger charge is 2.39. The van der Waals surface area contributed by atoms with Gasteiger partial charge in [0.25, 0.3) is 0 Å². The molecule has 0 saturated heterocycles. The van der Waals surface area contributed by atoms with Crippen LogP contribution in [0.1, 0.15) is 51.5 Å². The molecule has 2 rings (SSSR count). The summed E-state index contributed by atoms with van der Waals surface area (Å²) in [6.45, 7) is 3.34. The van der Waals surface area contributed by atoms with Crippen LogP contribution in [0.3, 0.4) is 0 Å². The fraction of sp³-hybridized carbons (Fsp3) is 0.577. The van der Waals surface area contributed by atoms with Gasteiger partial charge in [0.05, 0.1) is 23.9 Å². The molecule has 0 spiro atoms. The first kappa shape index (κ1) is 28.9. The van der Waals surface area contributed by atoms with E-state index in [1.165, 1.54) is 18.2 Å². The third-order valence-electron chi connectivity index (χ3n) is 5.75. The predicted octanol–water partition coefficient (Wildman–Crippen LogP) is 4.43. The van der Waals surface area contributed by atoms with Gasteiger partial charge in [-0.15, -0.1) is 0 Å². The summed E-state index contributed by atoms with van der Waals surface area (Å²) in [4.78, 5) is 11.5. The number of hydrogen-bond donors (Lipinski definition) is 3. The fourth-order valence-electron chi connectivity index (χ4n) is 4.02. The molecule has 0 amide bonds. The first-order valence-corrected chi connectivity index (χ1v) is 11.8. The zero-order chi connectivity index (χ0) is 26.0. The number of benzene rings is 1. The van der Waals surface area contributed by atoms with Crippen LogP contribution in [0.25, 0.3) is 0 Å². The number of alkyl halides is 3. The van der Waals surface area contributed by atoms with E-state index in [4.69, 9.17) is 9.47 Å². The van der Waals surface area contributed by atoms with E-state index in [2.05, 4.69) is 0 Å². The first-order chi connectivity index (χ1) is 16.5. The quantitative estimate of drug-likeness (QED) is 0.223. The summed E-state index contributed by atoms with van der Waals surface area (Å²) in [5, 5.41) is 30.8. The number of aliphatic hydroxyl groups is 3. The van der Waals surface area contributed by atoms with Crippen molar-refractivity contribution in [1.82, 2.24) is 0 Å². The first-order valence-electron chi connectivity index (χ1n) is 11.8. The summed E-state index contributed by atoms with van der Waals surface area (Å²) in [5.41, 5.74) is -0.838. The van der Waals surface area contributed by atoms with Crippen molar-refractivity contribution in [2.75, 3.05) is 6.61 Å². The average Bonchev–Trinajstić information content (AvgIpc) is 3.04. The summed E-state index contributed by atoms with van der Waals surface area (Å²) in [5.74, 6) is -0.883.